The summed E-state index contributed by atoms with van der Waals surface area (Å²) in [4.78, 5) is 27.5. The fourth-order valence-corrected chi connectivity index (χ4v) is 4.58. The minimum absolute atomic E-state index is 0.158. The number of anilines is 2. The molecule has 0 bridgehead atoms. The van der Waals surface area contributed by atoms with Crippen LogP contribution in [0.4, 0.5) is 11.6 Å². The summed E-state index contributed by atoms with van der Waals surface area (Å²) >= 11 is 1.67. The molecule has 4 aromatic rings. The number of benzene rings is 1. The second-order valence-corrected chi connectivity index (χ2v) is 8.69. The Morgan fingerprint density at radius 2 is 1.97 bits per heavy atom. The van der Waals surface area contributed by atoms with Gasteiger partial charge in [-0.3, -0.25) is 14.8 Å². The molecule has 10 heteroatoms. The van der Waals surface area contributed by atoms with E-state index in [1.165, 1.54) is 9.39 Å². The smallest absolute Gasteiger partial charge is 0.274 e. The SMILES string of the molecule is COc1ccccc1N1CCN(Cc2cc(=O)n3[nH]c(NCc4cccs4)nc3n2)CC1. The lowest BCUT2D eigenvalue weighted by Crippen LogP contribution is -2.46. The van der Waals surface area contributed by atoms with Crippen LogP contribution in [-0.2, 0) is 13.1 Å². The van der Waals surface area contributed by atoms with E-state index in [1.807, 2.05) is 29.6 Å². The highest BCUT2D eigenvalue weighted by molar-refractivity contribution is 7.09. The number of methoxy groups -OCH3 is 1. The number of H-pyrrole nitrogens is 1. The summed E-state index contributed by atoms with van der Waals surface area (Å²) in [6.07, 6.45) is 0. The van der Waals surface area contributed by atoms with Gasteiger partial charge in [-0.1, -0.05) is 18.2 Å². The molecular weight excluding hydrogens is 426 g/mol. The van der Waals surface area contributed by atoms with E-state index in [2.05, 4.69) is 42.3 Å². The molecule has 3 aromatic heterocycles. The minimum Gasteiger partial charge on any atom is -0.495 e. The van der Waals surface area contributed by atoms with Crippen molar-refractivity contribution in [3.8, 4) is 5.75 Å². The second-order valence-electron chi connectivity index (χ2n) is 7.66. The number of hydrogen-bond donors (Lipinski definition) is 2. The first-order chi connectivity index (χ1) is 15.7. The number of rotatable bonds is 7. The van der Waals surface area contributed by atoms with Crippen molar-refractivity contribution >= 4 is 28.8 Å². The molecule has 0 spiro atoms. The van der Waals surface area contributed by atoms with Crippen LogP contribution in [0.5, 0.6) is 5.75 Å². The number of nitrogens with one attached hydrogen (secondary N) is 2. The van der Waals surface area contributed by atoms with Crippen LogP contribution in [0.3, 0.4) is 0 Å². The number of hydrogen-bond acceptors (Lipinski definition) is 8. The normalized spacial score (nSPS) is 14.7. The number of fused-ring (bicyclic) bond motifs is 1. The summed E-state index contributed by atoms with van der Waals surface area (Å²) < 4.78 is 6.87. The van der Waals surface area contributed by atoms with Crippen molar-refractivity contribution in [1.82, 2.24) is 24.5 Å². The standard InChI is InChI=1S/C22H25N7O2S/c1-31-19-7-3-2-6-18(19)28-10-8-27(9-11-28)15-16-13-20(30)29-22(24-16)25-21(26-29)23-14-17-5-4-12-32-17/h2-7,12-13H,8-11,14-15H2,1H3,(H2,23,24,25,26). The van der Waals surface area contributed by atoms with Crippen LogP contribution in [0.1, 0.15) is 10.6 Å². The predicted octanol–water partition coefficient (Wildman–Crippen LogP) is 2.42. The Balaban J connectivity index is 1.24. The monoisotopic (exact) mass is 451 g/mol. The Labute approximate surface area is 189 Å². The molecule has 0 radical (unpaired) electrons. The lowest BCUT2D eigenvalue weighted by Gasteiger charge is -2.36. The van der Waals surface area contributed by atoms with Crippen LogP contribution in [0, 0.1) is 0 Å². The molecule has 1 aromatic carbocycles. The van der Waals surface area contributed by atoms with E-state index < -0.39 is 0 Å². The molecule has 166 valence electrons. The molecule has 1 saturated heterocycles. The summed E-state index contributed by atoms with van der Waals surface area (Å²) in [5.74, 6) is 1.81. The molecule has 0 atom stereocenters. The quantitative estimate of drug-likeness (QED) is 0.446. The summed E-state index contributed by atoms with van der Waals surface area (Å²) in [6, 6.07) is 13.7. The number of aromatic amines is 1. The molecule has 0 saturated carbocycles. The van der Waals surface area contributed by atoms with E-state index in [-0.39, 0.29) is 5.56 Å². The van der Waals surface area contributed by atoms with Crippen molar-refractivity contribution < 1.29 is 4.74 Å². The van der Waals surface area contributed by atoms with Crippen molar-refractivity contribution in [1.29, 1.82) is 0 Å². The van der Waals surface area contributed by atoms with Gasteiger partial charge in [-0.05, 0) is 23.6 Å². The molecule has 9 nitrogen and oxygen atoms in total. The number of thiophene rings is 1. The lowest BCUT2D eigenvalue weighted by molar-refractivity contribution is 0.246. The van der Waals surface area contributed by atoms with Gasteiger partial charge < -0.3 is 15.0 Å². The molecule has 5 rings (SSSR count). The largest absolute Gasteiger partial charge is 0.495 e. The molecule has 0 aliphatic carbocycles. The molecule has 4 heterocycles. The summed E-state index contributed by atoms with van der Waals surface area (Å²) in [7, 11) is 1.70. The number of nitrogens with zero attached hydrogens (tertiary/aromatic N) is 5. The highest BCUT2D eigenvalue weighted by atomic mass is 32.1. The number of ether oxygens (including phenoxy) is 1. The average Bonchev–Trinajstić information content (AvgIpc) is 3.48. The maximum absolute atomic E-state index is 12.6. The van der Waals surface area contributed by atoms with Gasteiger partial charge in [0.15, 0.2) is 0 Å². The zero-order chi connectivity index (χ0) is 21.9. The Morgan fingerprint density at radius 3 is 2.75 bits per heavy atom. The first-order valence-electron chi connectivity index (χ1n) is 10.5. The number of para-hydroxylation sites is 2. The van der Waals surface area contributed by atoms with E-state index in [0.29, 0.717) is 24.8 Å². The molecule has 1 aliphatic rings. The molecule has 1 aliphatic heterocycles. The highest BCUT2D eigenvalue weighted by Gasteiger charge is 2.20. The van der Waals surface area contributed by atoms with Crippen LogP contribution in [-0.4, -0.2) is 57.8 Å². The van der Waals surface area contributed by atoms with Gasteiger partial charge in [0.25, 0.3) is 11.3 Å². The predicted molar refractivity (Wildman–Crippen MR) is 126 cm³/mol. The molecule has 32 heavy (non-hydrogen) atoms. The van der Waals surface area contributed by atoms with Crippen molar-refractivity contribution in [2.45, 2.75) is 13.1 Å². The number of piperazine rings is 1. The van der Waals surface area contributed by atoms with E-state index in [4.69, 9.17) is 4.74 Å². The van der Waals surface area contributed by atoms with Crippen molar-refractivity contribution in [2.24, 2.45) is 0 Å². The Morgan fingerprint density at radius 1 is 1.12 bits per heavy atom. The van der Waals surface area contributed by atoms with E-state index in [0.717, 1.165) is 43.3 Å². The molecular formula is C22H25N7O2S. The zero-order valence-corrected chi connectivity index (χ0v) is 18.6. The van der Waals surface area contributed by atoms with Gasteiger partial charge in [0.05, 0.1) is 25.0 Å². The van der Waals surface area contributed by atoms with Gasteiger partial charge in [-0.15, -0.1) is 11.3 Å². The zero-order valence-electron chi connectivity index (χ0n) is 17.8. The number of aromatic nitrogens is 4. The van der Waals surface area contributed by atoms with Gasteiger partial charge in [0.2, 0.25) is 5.95 Å². The maximum atomic E-state index is 12.6. The van der Waals surface area contributed by atoms with Crippen LogP contribution < -0.4 is 20.5 Å². The third-order valence-electron chi connectivity index (χ3n) is 5.58. The van der Waals surface area contributed by atoms with Crippen molar-refractivity contribution in [2.75, 3.05) is 43.5 Å². The molecule has 0 amide bonds. The third kappa shape index (κ3) is 4.32. The lowest BCUT2D eigenvalue weighted by atomic mass is 10.2. The Hall–Kier alpha value is -3.37. The van der Waals surface area contributed by atoms with Gasteiger partial charge in [-0.25, -0.2) is 4.98 Å². The maximum Gasteiger partial charge on any atom is 0.274 e. The van der Waals surface area contributed by atoms with Crippen LogP contribution in [0.25, 0.3) is 5.78 Å². The van der Waals surface area contributed by atoms with Crippen molar-refractivity contribution in [3.05, 3.63) is 68.8 Å². The average molecular weight is 452 g/mol. The van der Waals surface area contributed by atoms with Crippen molar-refractivity contribution in [3.63, 3.8) is 0 Å². The van der Waals surface area contributed by atoms with Crippen LogP contribution in [0.15, 0.2) is 52.6 Å². The Kier molecular flexibility index (Phi) is 5.78. The van der Waals surface area contributed by atoms with Gasteiger partial charge in [0, 0.05) is 43.7 Å². The topological polar surface area (TPSA) is 90.8 Å². The Bertz CT molecular complexity index is 1240. The summed E-state index contributed by atoms with van der Waals surface area (Å²) in [5, 5.41) is 8.23. The third-order valence-corrected chi connectivity index (χ3v) is 6.45. The minimum atomic E-state index is -0.158. The summed E-state index contributed by atoms with van der Waals surface area (Å²) in [5.41, 5.74) is 1.69. The first-order valence-corrected chi connectivity index (χ1v) is 11.4. The summed E-state index contributed by atoms with van der Waals surface area (Å²) in [6.45, 7) is 4.81. The van der Waals surface area contributed by atoms with E-state index >= 15 is 0 Å². The fourth-order valence-electron chi connectivity index (χ4n) is 3.94. The fraction of sp³-hybridized carbons (Fsp3) is 0.318. The van der Waals surface area contributed by atoms with Gasteiger partial charge in [-0.2, -0.15) is 9.50 Å². The van der Waals surface area contributed by atoms with Gasteiger partial charge in [0.1, 0.15) is 5.75 Å². The highest BCUT2D eigenvalue weighted by Crippen LogP contribution is 2.28. The van der Waals surface area contributed by atoms with E-state index in [9.17, 15) is 4.79 Å². The molecule has 1 fully saturated rings. The van der Waals surface area contributed by atoms with Crippen LogP contribution >= 0.6 is 11.3 Å². The van der Waals surface area contributed by atoms with Crippen LogP contribution in [0.2, 0.25) is 0 Å². The molecule has 2 N–H and O–H groups in total. The molecule has 0 unspecified atom stereocenters. The first kappa shape index (κ1) is 20.5. The van der Waals surface area contributed by atoms with Gasteiger partial charge >= 0.3 is 0 Å². The van der Waals surface area contributed by atoms with E-state index in [1.54, 1.807) is 24.5 Å². The second kappa shape index (κ2) is 9.01.